The third-order valence-electron chi connectivity index (χ3n) is 6.42. The van der Waals surface area contributed by atoms with Gasteiger partial charge in [0.05, 0.1) is 0 Å². The lowest BCUT2D eigenvalue weighted by atomic mass is 10.0. The van der Waals surface area contributed by atoms with Crippen molar-refractivity contribution in [3.8, 4) is 0 Å². The van der Waals surface area contributed by atoms with Crippen molar-refractivity contribution in [1.82, 2.24) is 0 Å². The predicted molar refractivity (Wildman–Crippen MR) is 143 cm³/mol. The van der Waals surface area contributed by atoms with Crippen molar-refractivity contribution in [3.63, 3.8) is 0 Å². The second kappa shape index (κ2) is 5.83. The van der Waals surface area contributed by atoms with E-state index in [1.807, 2.05) is 34.0 Å². The van der Waals surface area contributed by atoms with Crippen molar-refractivity contribution in [3.05, 3.63) is 84.9 Å². The number of fused-ring (bicyclic) bond motifs is 10. The molecule has 144 valence electrons. The van der Waals surface area contributed by atoms with Crippen LogP contribution in [0.15, 0.2) is 84.9 Å². The molecule has 8 rings (SSSR count). The van der Waals surface area contributed by atoms with Crippen molar-refractivity contribution in [2.45, 2.75) is 0 Å². The van der Waals surface area contributed by atoms with Crippen LogP contribution in [-0.2, 0) is 0 Å². The maximum atomic E-state index is 2.41. The van der Waals surface area contributed by atoms with Crippen LogP contribution in [-0.4, -0.2) is 0 Å². The molecule has 0 radical (unpaired) electrons. The highest BCUT2D eigenvalue weighted by Crippen LogP contribution is 2.44. The molecule has 31 heavy (non-hydrogen) atoms. The first-order valence-electron chi connectivity index (χ1n) is 10.3. The first kappa shape index (κ1) is 16.7. The summed E-state index contributed by atoms with van der Waals surface area (Å²) >= 11 is 5.72. The zero-order valence-electron chi connectivity index (χ0n) is 16.3. The van der Waals surface area contributed by atoms with Crippen molar-refractivity contribution >= 4 is 105 Å². The van der Waals surface area contributed by atoms with E-state index in [0.29, 0.717) is 0 Å². The second-order valence-corrected chi connectivity index (χ2v) is 11.4. The molecule has 0 aliphatic heterocycles. The van der Waals surface area contributed by atoms with Gasteiger partial charge in [0, 0.05) is 60.5 Å². The van der Waals surface area contributed by atoms with Crippen LogP contribution in [0.25, 0.3) is 71.3 Å². The average molecular weight is 447 g/mol. The SMILES string of the molecule is c1ccc2c(c1)sc1cc3cc4c(cc3cc12)sc1cc2c(cc14)sc1ccccc12. The van der Waals surface area contributed by atoms with Gasteiger partial charge in [-0.15, -0.1) is 34.0 Å². The van der Waals surface area contributed by atoms with E-state index in [2.05, 4.69) is 84.9 Å². The normalized spacial score (nSPS) is 12.5. The molecule has 3 heterocycles. The van der Waals surface area contributed by atoms with Gasteiger partial charge in [0.2, 0.25) is 0 Å². The molecule has 8 aromatic rings. The van der Waals surface area contributed by atoms with E-state index in [4.69, 9.17) is 0 Å². The van der Waals surface area contributed by atoms with E-state index in [9.17, 15) is 0 Å². The van der Waals surface area contributed by atoms with Crippen LogP contribution in [0, 0.1) is 0 Å². The number of thiophene rings is 3. The smallest absolute Gasteiger partial charge is 0.0362 e. The van der Waals surface area contributed by atoms with Crippen molar-refractivity contribution in [1.29, 1.82) is 0 Å². The predicted octanol–water partition coefficient (Wildman–Crippen LogP) is 9.94. The lowest BCUT2D eigenvalue weighted by molar-refractivity contribution is 1.86. The first-order chi connectivity index (χ1) is 15.3. The van der Waals surface area contributed by atoms with Crippen LogP contribution in [0.1, 0.15) is 0 Å². The third kappa shape index (κ3) is 2.23. The summed E-state index contributed by atoms with van der Waals surface area (Å²) in [5.41, 5.74) is 0. The minimum absolute atomic E-state index is 1.34. The Morgan fingerprint density at radius 3 is 1.29 bits per heavy atom. The van der Waals surface area contributed by atoms with Gasteiger partial charge in [-0.05, 0) is 59.3 Å². The Labute approximate surface area is 189 Å². The standard InChI is InChI=1S/C28H14S3/c1-3-7-23-17(5-1)19-9-15-12-26-20(10-16(15)11-25(19)29-23)22-14-27-21(13-28(22)31-26)18-6-2-4-8-24(18)30-27/h1-14H. The minimum atomic E-state index is 1.34. The highest BCUT2D eigenvalue weighted by atomic mass is 32.1. The van der Waals surface area contributed by atoms with Crippen LogP contribution < -0.4 is 0 Å². The summed E-state index contributed by atoms with van der Waals surface area (Å²) in [5, 5.41) is 10.9. The van der Waals surface area contributed by atoms with Crippen LogP contribution in [0.4, 0.5) is 0 Å². The Kier molecular flexibility index (Phi) is 3.14. The summed E-state index contributed by atoms with van der Waals surface area (Å²) in [5.74, 6) is 0. The van der Waals surface area contributed by atoms with Crippen LogP contribution in [0.5, 0.6) is 0 Å². The fourth-order valence-corrected chi connectivity index (χ4v) is 8.38. The summed E-state index contributed by atoms with van der Waals surface area (Å²) in [6.07, 6.45) is 0. The second-order valence-electron chi connectivity index (χ2n) is 8.19. The van der Waals surface area contributed by atoms with Crippen molar-refractivity contribution in [2.75, 3.05) is 0 Å². The molecule has 3 heteroatoms. The van der Waals surface area contributed by atoms with E-state index in [0.717, 1.165) is 0 Å². The zero-order valence-corrected chi connectivity index (χ0v) is 18.8. The van der Waals surface area contributed by atoms with Gasteiger partial charge in [0.25, 0.3) is 0 Å². The Hall–Kier alpha value is -2.98. The molecule has 0 saturated heterocycles. The van der Waals surface area contributed by atoms with Crippen molar-refractivity contribution in [2.24, 2.45) is 0 Å². The summed E-state index contributed by atoms with van der Waals surface area (Å²) in [6, 6.07) is 31.9. The molecule has 0 N–H and O–H groups in total. The lowest BCUT2D eigenvalue weighted by Crippen LogP contribution is -1.74. The first-order valence-corrected chi connectivity index (χ1v) is 12.8. The van der Waals surface area contributed by atoms with Gasteiger partial charge in [0.1, 0.15) is 0 Å². The molecule has 0 fully saturated rings. The summed E-state index contributed by atoms with van der Waals surface area (Å²) < 4.78 is 8.26. The Morgan fingerprint density at radius 1 is 0.323 bits per heavy atom. The molecule has 0 aliphatic rings. The maximum absolute atomic E-state index is 2.41. The van der Waals surface area contributed by atoms with Gasteiger partial charge in [0.15, 0.2) is 0 Å². The lowest BCUT2D eigenvalue weighted by Gasteiger charge is -2.01. The van der Waals surface area contributed by atoms with Gasteiger partial charge in [-0.3, -0.25) is 0 Å². The topological polar surface area (TPSA) is 0 Å². The molecule has 0 atom stereocenters. The summed E-state index contributed by atoms with van der Waals surface area (Å²) in [6.45, 7) is 0. The minimum Gasteiger partial charge on any atom is -0.135 e. The van der Waals surface area contributed by atoms with Crippen molar-refractivity contribution < 1.29 is 0 Å². The molecular formula is C28H14S3. The van der Waals surface area contributed by atoms with Crippen LogP contribution >= 0.6 is 34.0 Å². The molecule has 0 nitrogen and oxygen atoms in total. The van der Waals surface area contributed by atoms with Gasteiger partial charge in [-0.25, -0.2) is 0 Å². The number of hydrogen-bond acceptors (Lipinski definition) is 3. The fraction of sp³-hybridized carbons (Fsp3) is 0. The van der Waals surface area contributed by atoms with E-state index in [1.54, 1.807) is 0 Å². The van der Waals surface area contributed by atoms with E-state index in [1.165, 1.54) is 71.3 Å². The van der Waals surface area contributed by atoms with Crippen LogP contribution in [0.3, 0.4) is 0 Å². The molecule has 0 spiro atoms. The highest BCUT2D eigenvalue weighted by Gasteiger charge is 2.13. The average Bonchev–Trinajstić information content (AvgIpc) is 3.45. The van der Waals surface area contributed by atoms with Gasteiger partial charge >= 0.3 is 0 Å². The van der Waals surface area contributed by atoms with Crippen LogP contribution in [0.2, 0.25) is 0 Å². The number of rotatable bonds is 0. The van der Waals surface area contributed by atoms with E-state index in [-0.39, 0.29) is 0 Å². The Morgan fingerprint density at radius 2 is 0.710 bits per heavy atom. The molecule has 0 saturated carbocycles. The Balaban J connectivity index is 1.48. The quantitative estimate of drug-likeness (QED) is 0.217. The number of hydrogen-bond donors (Lipinski definition) is 0. The maximum Gasteiger partial charge on any atom is 0.0362 e. The summed E-state index contributed by atoms with van der Waals surface area (Å²) in [4.78, 5) is 0. The monoisotopic (exact) mass is 446 g/mol. The van der Waals surface area contributed by atoms with E-state index < -0.39 is 0 Å². The van der Waals surface area contributed by atoms with Gasteiger partial charge in [-0.1, -0.05) is 36.4 Å². The van der Waals surface area contributed by atoms with E-state index >= 15 is 0 Å². The zero-order chi connectivity index (χ0) is 20.1. The van der Waals surface area contributed by atoms with Gasteiger partial charge in [-0.2, -0.15) is 0 Å². The molecule has 5 aromatic carbocycles. The number of benzene rings is 5. The highest BCUT2D eigenvalue weighted by molar-refractivity contribution is 7.27. The molecule has 3 aromatic heterocycles. The molecule has 0 bridgehead atoms. The fourth-order valence-electron chi connectivity index (χ4n) is 4.96. The van der Waals surface area contributed by atoms with Gasteiger partial charge < -0.3 is 0 Å². The molecular weight excluding hydrogens is 433 g/mol. The molecule has 0 aliphatic carbocycles. The molecule has 0 amide bonds. The largest absolute Gasteiger partial charge is 0.135 e. The third-order valence-corrected chi connectivity index (χ3v) is 9.81. The Bertz CT molecular complexity index is 1940. The summed E-state index contributed by atoms with van der Waals surface area (Å²) in [7, 11) is 0. The molecule has 0 unspecified atom stereocenters.